The van der Waals surface area contributed by atoms with Gasteiger partial charge in [0, 0.05) is 30.7 Å². The lowest BCUT2D eigenvalue weighted by Crippen LogP contribution is -2.57. The zero-order chi connectivity index (χ0) is 22.0. The largest absolute Gasteiger partial charge is 0.487 e. The molecule has 0 radical (unpaired) electrons. The van der Waals surface area contributed by atoms with Gasteiger partial charge in [0.05, 0.1) is 13.1 Å². The molecule has 1 aliphatic rings. The Balaban J connectivity index is 1.24. The van der Waals surface area contributed by atoms with Crippen LogP contribution in [0.2, 0.25) is 0 Å². The number of benzene rings is 1. The van der Waals surface area contributed by atoms with Crippen molar-refractivity contribution in [1.29, 1.82) is 0 Å². The van der Waals surface area contributed by atoms with E-state index < -0.39 is 5.60 Å². The van der Waals surface area contributed by atoms with E-state index in [9.17, 15) is 9.59 Å². The van der Waals surface area contributed by atoms with Crippen molar-refractivity contribution in [3.8, 4) is 5.75 Å². The van der Waals surface area contributed by atoms with Gasteiger partial charge in [0.15, 0.2) is 0 Å². The summed E-state index contributed by atoms with van der Waals surface area (Å²) < 4.78 is 13.1. The smallest absolute Gasteiger partial charge is 0.410 e. The summed E-state index contributed by atoms with van der Waals surface area (Å²) >= 11 is 0. The molecule has 1 N–H and O–H groups in total. The summed E-state index contributed by atoms with van der Waals surface area (Å²) in [6.07, 6.45) is 5.12. The van der Waals surface area contributed by atoms with Crippen molar-refractivity contribution in [3.05, 3.63) is 66.1 Å². The molecule has 2 aromatic heterocycles. The molecule has 31 heavy (non-hydrogen) atoms. The summed E-state index contributed by atoms with van der Waals surface area (Å²) in [6.45, 7) is 6.91. The fourth-order valence-corrected chi connectivity index (χ4v) is 3.21. The van der Waals surface area contributed by atoms with Gasteiger partial charge in [0.1, 0.15) is 23.1 Å². The summed E-state index contributed by atoms with van der Waals surface area (Å²) in [6, 6.07) is 10.9. The molecule has 2 amide bonds. The maximum absolute atomic E-state index is 12.4. The molecule has 3 aromatic rings. The number of hydrogen-bond donors (Lipinski definition) is 1. The van der Waals surface area contributed by atoms with Gasteiger partial charge < -0.3 is 24.1 Å². The molecule has 0 bridgehead atoms. The van der Waals surface area contributed by atoms with Crippen molar-refractivity contribution in [3.63, 3.8) is 0 Å². The van der Waals surface area contributed by atoms with Gasteiger partial charge >= 0.3 is 6.09 Å². The zero-order valence-corrected chi connectivity index (χ0v) is 17.9. The number of hydrogen-bond acceptors (Lipinski definition) is 5. The van der Waals surface area contributed by atoms with Gasteiger partial charge in [-0.1, -0.05) is 0 Å². The van der Waals surface area contributed by atoms with E-state index in [1.54, 1.807) is 35.4 Å². The van der Waals surface area contributed by atoms with Crippen LogP contribution in [0.15, 0.2) is 55.0 Å². The summed E-state index contributed by atoms with van der Waals surface area (Å²) in [5.41, 5.74) is 1.87. The lowest BCUT2D eigenvalue weighted by atomic mass is 10.1. The van der Waals surface area contributed by atoms with Crippen molar-refractivity contribution < 1.29 is 19.1 Å². The molecule has 8 nitrogen and oxygen atoms in total. The summed E-state index contributed by atoms with van der Waals surface area (Å²) in [5.74, 6) is 0.504. The van der Waals surface area contributed by atoms with Crippen LogP contribution in [-0.4, -0.2) is 51.1 Å². The molecule has 0 spiro atoms. The number of nitrogens with one attached hydrogen (secondary N) is 1. The minimum absolute atomic E-state index is 0.0789. The maximum Gasteiger partial charge on any atom is 0.410 e. The number of likely N-dealkylation sites (tertiary alicyclic amines) is 1. The molecule has 1 fully saturated rings. The Morgan fingerprint density at radius 1 is 1.13 bits per heavy atom. The van der Waals surface area contributed by atoms with Crippen molar-refractivity contribution >= 4 is 17.6 Å². The van der Waals surface area contributed by atoms with E-state index >= 15 is 0 Å². The topological polar surface area (TPSA) is 85.2 Å². The Morgan fingerprint density at radius 2 is 1.87 bits per heavy atom. The number of pyridine rings is 1. The Morgan fingerprint density at radius 3 is 2.58 bits per heavy atom. The Labute approximate surface area is 180 Å². The van der Waals surface area contributed by atoms with Crippen LogP contribution in [-0.2, 0) is 11.3 Å². The van der Waals surface area contributed by atoms with Gasteiger partial charge in [-0.15, -0.1) is 0 Å². The Bertz CT molecular complexity index is 1080. The number of rotatable bonds is 5. The van der Waals surface area contributed by atoms with Gasteiger partial charge in [-0.25, -0.2) is 9.78 Å². The van der Waals surface area contributed by atoms with E-state index in [1.165, 1.54) is 0 Å². The fourth-order valence-electron chi connectivity index (χ4n) is 3.21. The van der Waals surface area contributed by atoms with E-state index in [-0.39, 0.29) is 18.1 Å². The highest BCUT2D eigenvalue weighted by Crippen LogP contribution is 2.21. The second-order valence-electron chi connectivity index (χ2n) is 8.56. The van der Waals surface area contributed by atoms with Crippen LogP contribution in [0.5, 0.6) is 5.75 Å². The molecule has 0 saturated carbocycles. The average Bonchev–Trinajstić information content (AvgIpc) is 3.15. The first-order chi connectivity index (χ1) is 14.8. The van der Waals surface area contributed by atoms with Crippen LogP contribution in [0.3, 0.4) is 0 Å². The van der Waals surface area contributed by atoms with Gasteiger partial charge in [0.2, 0.25) is 0 Å². The second-order valence-corrected chi connectivity index (χ2v) is 8.56. The highest BCUT2D eigenvalue weighted by molar-refractivity contribution is 5.94. The molecule has 8 heteroatoms. The van der Waals surface area contributed by atoms with Crippen LogP contribution in [0.25, 0.3) is 5.65 Å². The zero-order valence-electron chi connectivity index (χ0n) is 17.9. The second kappa shape index (κ2) is 8.29. The first kappa shape index (κ1) is 20.7. The molecule has 4 rings (SSSR count). The van der Waals surface area contributed by atoms with E-state index in [0.717, 1.165) is 11.2 Å². The van der Waals surface area contributed by atoms with Crippen LogP contribution in [0, 0.1) is 0 Å². The van der Waals surface area contributed by atoms with Gasteiger partial charge in [0.25, 0.3) is 5.91 Å². The van der Waals surface area contributed by atoms with E-state index in [2.05, 4.69) is 10.3 Å². The number of carbonyl (C=O) groups is 2. The average molecular weight is 422 g/mol. The standard InChI is InChI=1S/C23H26N4O4/c1-23(2,3)31-22(29)27-14-19(15-27)30-18-6-4-17(5-7-18)21(28)25-13-16-8-10-26-11-9-24-20(26)12-16/h4-12,19H,13-15H2,1-3H3,(H,25,28). The first-order valence-corrected chi connectivity index (χ1v) is 10.2. The molecule has 0 aliphatic carbocycles. The van der Waals surface area contributed by atoms with Crippen LogP contribution in [0.1, 0.15) is 36.7 Å². The molecule has 0 unspecified atom stereocenters. The lowest BCUT2D eigenvalue weighted by Gasteiger charge is -2.39. The highest BCUT2D eigenvalue weighted by atomic mass is 16.6. The molecule has 1 saturated heterocycles. The molecule has 162 valence electrons. The van der Waals surface area contributed by atoms with Crippen molar-refractivity contribution in [1.82, 2.24) is 19.6 Å². The normalized spacial score (nSPS) is 14.2. The third-order valence-corrected chi connectivity index (χ3v) is 4.83. The lowest BCUT2D eigenvalue weighted by molar-refractivity contribution is -0.0221. The maximum atomic E-state index is 12.4. The molecule has 3 heterocycles. The van der Waals surface area contributed by atoms with Crippen molar-refractivity contribution in [2.24, 2.45) is 0 Å². The summed E-state index contributed by atoms with van der Waals surface area (Å²) in [5, 5.41) is 2.92. The number of nitrogens with zero attached hydrogens (tertiary/aromatic N) is 3. The van der Waals surface area contributed by atoms with Crippen LogP contribution < -0.4 is 10.1 Å². The third-order valence-electron chi connectivity index (χ3n) is 4.83. The SMILES string of the molecule is CC(C)(C)OC(=O)N1CC(Oc2ccc(C(=O)NCc3ccn4ccnc4c3)cc2)C1. The number of amides is 2. The molecular formula is C23H26N4O4. The van der Waals surface area contributed by atoms with Crippen molar-refractivity contribution in [2.45, 2.75) is 39.0 Å². The van der Waals surface area contributed by atoms with E-state index in [1.807, 2.05) is 49.7 Å². The number of fused-ring (bicyclic) bond motifs is 1. The minimum Gasteiger partial charge on any atom is -0.487 e. The fraction of sp³-hybridized carbons (Fsp3) is 0.348. The van der Waals surface area contributed by atoms with E-state index in [4.69, 9.17) is 9.47 Å². The van der Waals surface area contributed by atoms with Crippen LogP contribution >= 0.6 is 0 Å². The third kappa shape index (κ3) is 5.14. The quantitative estimate of drug-likeness (QED) is 0.682. The number of aromatic nitrogens is 2. The molecule has 1 aromatic carbocycles. The summed E-state index contributed by atoms with van der Waals surface area (Å²) in [7, 11) is 0. The van der Waals surface area contributed by atoms with Crippen molar-refractivity contribution in [2.75, 3.05) is 13.1 Å². The molecule has 1 aliphatic heterocycles. The Hall–Kier alpha value is -3.55. The Kier molecular flexibility index (Phi) is 5.54. The first-order valence-electron chi connectivity index (χ1n) is 10.2. The predicted molar refractivity (Wildman–Crippen MR) is 115 cm³/mol. The predicted octanol–water partition coefficient (Wildman–Crippen LogP) is 3.26. The summed E-state index contributed by atoms with van der Waals surface area (Å²) in [4.78, 5) is 30.3. The molecule has 0 atom stereocenters. The number of imidazole rings is 1. The number of carbonyl (C=O) groups excluding carboxylic acids is 2. The van der Waals surface area contributed by atoms with Gasteiger partial charge in [-0.3, -0.25) is 4.79 Å². The highest BCUT2D eigenvalue weighted by Gasteiger charge is 2.35. The van der Waals surface area contributed by atoms with Gasteiger partial charge in [-0.2, -0.15) is 0 Å². The molecular weight excluding hydrogens is 396 g/mol. The number of ether oxygens (including phenoxy) is 2. The van der Waals surface area contributed by atoms with Crippen LogP contribution in [0.4, 0.5) is 4.79 Å². The van der Waals surface area contributed by atoms with Gasteiger partial charge in [-0.05, 0) is 62.7 Å². The van der Waals surface area contributed by atoms with E-state index in [0.29, 0.717) is 30.9 Å². The monoisotopic (exact) mass is 422 g/mol. The minimum atomic E-state index is -0.508.